The van der Waals surface area contributed by atoms with Crippen LogP contribution in [0.3, 0.4) is 0 Å². The van der Waals surface area contributed by atoms with Crippen molar-refractivity contribution in [2.24, 2.45) is 5.92 Å². The second-order valence-corrected chi connectivity index (χ2v) is 6.19. The molecule has 2 heteroatoms. The Morgan fingerprint density at radius 3 is 2.94 bits per heavy atom. The Bertz CT molecular complexity index is 444. The van der Waals surface area contributed by atoms with Gasteiger partial charge in [0.1, 0.15) is 5.75 Å². The van der Waals surface area contributed by atoms with Gasteiger partial charge in [-0.25, -0.2) is 0 Å². The monoisotopic (exact) mass is 245 g/mol. The average Bonchev–Trinajstić information content (AvgIpc) is 2.35. The molecule has 1 aromatic rings. The lowest BCUT2D eigenvalue weighted by Gasteiger charge is -2.55. The van der Waals surface area contributed by atoms with Gasteiger partial charge in [0.15, 0.2) is 0 Å². The summed E-state index contributed by atoms with van der Waals surface area (Å²) in [5.41, 5.74) is 1.65. The highest BCUT2D eigenvalue weighted by Crippen LogP contribution is 2.50. The highest BCUT2D eigenvalue weighted by atomic mass is 16.3. The van der Waals surface area contributed by atoms with Crippen molar-refractivity contribution in [2.75, 3.05) is 13.6 Å². The van der Waals surface area contributed by atoms with E-state index in [4.69, 9.17) is 0 Å². The number of hydrogen-bond acceptors (Lipinski definition) is 2. The minimum Gasteiger partial charge on any atom is -0.508 e. The van der Waals surface area contributed by atoms with Crippen LogP contribution in [0.2, 0.25) is 0 Å². The van der Waals surface area contributed by atoms with Crippen LogP contribution in [0.15, 0.2) is 24.3 Å². The molecular formula is C16H23NO. The number of piperidine rings is 1. The summed E-state index contributed by atoms with van der Waals surface area (Å²) in [5, 5.41) is 9.77. The number of phenols is 1. The standard InChI is InChI=1S/C16H23NO/c1-12-15-7-4-8-16(12,9-10-17(15)2)13-5-3-6-14(18)11-13/h3,5-6,11-12,15,18H,4,7-10H2,1-2H3/t12-,15+,16-/m0/s1. The van der Waals surface area contributed by atoms with Crippen molar-refractivity contribution < 1.29 is 5.11 Å². The third-order valence-electron chi connectivity index (χ3n) is 5.47. The molecule has 18 heavy (non-hydrogen) atoms. The number of fused-ring (bicyclic) bond motifs is 2. The molecule has 2 bridgehead atoms. The predicted molar refractivity (Wildman–Crippen MR) is 73.8 cm³/mol. The van der Waals surface area contributed by atoms with E-state index in [1.807, 2.05) is 12.1 Å². The molecule has 1 aliphatic carbocycles. The van der Waals surface area contributed by atoms with Gasteiger partial charge in [-0.1, -0.05) is 25.5 Å². The van der Waals surface area contributed by atoms with E-state index in [0.29, 0.717) is 17.1 Å². The van der Waals surface area contributed by atoms with Gasteiger partial charge >= 0.3 is 0 Å². The molecule has 1 saturated heterocycles. The third kappa shape index (κ3) is 1.66. The van der Waals surface area contributed by atoms with E-state index >= 15 is 0 Å². The molecule has 0 unspecified atom stereocenters. The van der Waals surface area contributed by atoms with Crippen molar-refractivity contribution >= 4 is 0 Å². The molecule has 98 valence electrons. The summed E-state index contributed by atoms with van der Waals surface area (Å²) in [5.74, 6) is 1.10. The van der Waals surface area contributed by atoms with Crippen LogP contribution in [0.25, 0.3) is 0 Å². The van der Waals surface area contributed by atoms with Crippen molar-refractivity contribution in [1.82, 2.24) is 4.90 Å². The lowest BCUT2D eigenvalue weighted by molar-refractivity contribution is 0.0126. The highest BCUT2D eigenvalue weighted by Gasteiger charge is 2.48. The second-order valence-electron chi connectivity index (χ2n) is 6.19. The Kier molecular flexibility index (Phi) is 2.86. The molecule has 1 saturated carbocycles. The topological polar surface area (TPSA) is 23.5 Å². The molecule has 1 aromatic carbocycles. The third-order valence-corrected chi connectivity index (χ3v) is 5.47. The smallest absolute Gasteiger partial charge is 0.115 e. The van der Waals surface area contributed by atoms with Gasteiger partial charge in [-0.15, -0.1) is 0 Å². The summed E-state index contributed by atoms with van der Waals surface area (Å²) in [6, 6.07) is 8.69. The van der Waals surface area contributed by atoms with Crippen molar-refractivity contribution in [2.45, 2.75) is 44.1 Å². The normalized spacial score (nSPS) is 36.6. The Balaban J connectivity index is 2.02. The van der Waals surface area contributed by atoms with Gasteiger partial charge in [-0.3, -0.25) is 0 Å². The summed E-state index contributed by atoms with van der Waals surface area (Å²) in [6.07, 6.45) is 5.15. The largest absolute Gasteiger partial charge is 0.508 e. The molecule has 1 aliphatic heterocycles. The van der Waals surface area contributed by atoms with Crippen LogP contribution >= 0.6 is 0 Å². The highest BCUT2D eigenvalue weighted by molar-refractivity contribution is 5.35. The van der Waals surface area contributed by atoms with Crippen LogP contribution < -0.4 is 0 Å². The first kappa shape index (κ1) is 12.0. The van der Waals surface area contributed by atoms with Crippen molar-refractivity contribution in [3.8, 4) is 5.75 Å². The summed E-state index contributed by atoms with van der Waals surface area (Å²) in [6.45, 7) is 3.59. The molecule has 0 amide bonds. The first-order valence-electron chi connectivity index (χ1n) is 7.13. The van der Waals surface area contributed by atoms with Gasteiger partial charge in [0.25, 0.3) is 0 Å². The molecule has 1 heterocycles. The molecule has 1 N–H and O–H groups in total. The van der Waals surface area contributed by atoms with Crippen molar-refractivity contribution in [1.29, 1.82) is 0 Å². The molecule has 3 atom stereocenters. The Morgan fingerprint density at radius 2 is 2.17 bits per heavy atom. The maximum Gasteiger partial charge on any atom is 0.115 e. The number of hydrogen-bond donors (Lipinski definition) is 1. The average molecular weight is 245 g/mol. The van der Waals surface area contributed by atoms with Crippen LogP contribution in [-0.4, -0.2) is 29.6 Å². The van der Waals surface area contributed by atoms with Crippen molar-refractivity contribution in [3.63, 3.8) is 0 Å². The maximum absolute atomic E-state index is 9.77. The minimum absolute atomic E-state index is 0.300. The van der Waals surface area contributed by atoms with E-state index in [2.05, 4.69) is 24.9 Å². The molecule has 0 spiro atoms. The molecule has 2 fully saturated rings. The Labute approximate surface area is 110 Å². The SMILES string of the molecule is C[C@H]1[C@H]2CCC[C@]1(c1cccc(O)c1)CCN2C. The van der Waals surface area contributed by atoms with E-state index < -0.39 is 0 Å². The van der Waals surface area contributed by atoms with Crippen LogP contribution in [0.4, 0.5) is 0 Å². The van der Waals surface area contributed by atoms with Gasteiger partial charge < -0.3 is 10.0 Å². The second kappa shape index (κ2) is 4.27. The quantitative estimate of drug-likeness (QED) is 0.821. The summed E-state index contributed by atoms with van der Waals surface area (Å²) >= 11 is 0. The first-order valence-corrected chi connectivity index (χ1v) is 7.13. The zero-order valence-corrected chi connectivity index (χ0v) is 11.4. The van der Waals surface area contributed by atoms with Crippen LogP contribution in [-0.2, 0) is 5.41 Å². The number of nitrogens with zero attached hydrogens (tertiary/aromatic N) is 1. The Morgan fingerprint density at radius 1 is 1.33 bits per heavy atom. The van der Waals surface area contributed by atoms with E-state index in [1.165, 1.54) is 37.8 Å². The zero-order valence-electron chi connectivity index (χ0n) is 11.4. The molecule has 2 nitrogen and oxygen atoms in total. The van der Waals surface area contributed by atoms with Gasteiger partial charge in [0.2, 0.25) is 0 Å². The fourth-order valence-corrected chi connectivity index (χ4v) is 4.34. The number of likely N-dealkylation sites (tertiary alicyclic amines) is 1. The van der Waals surface area contributed by atoms with E-state index in [9.17, 15) is 5.11 Å². The predicted octanol–water partition coefficient (Wildman–Crippen LogP) is 3.15. The summed E-state index contributed by atoms with van der Waals surface area (Å²) < 4.78 is 0. The zero-order chi connectivity index (χ0) is 12.8. The number of phenolic OH excluding ortho intramolecular Hbond substituents is 1. The summed E-state index contributed by atoms with van der Waals surface area (Å²) in [7, 11) is 2.26. The van der Waals surface area contributed by atoms with Gasteiger partial charge in [0.05, 0.1) is 0 Å². The first-order chi connectivity index (χ1) is 8.63. The number of rotatable bonds is 1. The van der Waals surface area contributed by atoms with Crippen LogP contribution in [0, 0.1) is 5.92 Å². The van der Waals surface area contributed by atoms with Gasteiger partial charge in [0, 0.05) is 11.5 Å². The maximum atomic E-state index is 9.77. The molecular weight excluding hydrogens is 222 g/mol. The Hall–Kier alpha value is -1.02. The fourth-order valence-electron chi connectivity index (χ4n) is 4.34. The fraction of sp³-hybridized carbons (Fsp3) is 0.625. The lowest BCUT2D eigenvalue weighted by Crippen LogP contribution is -2.56. The van der Waals surface area contributed by atoms with Crippen LogP contribution in [0.5, 0.6) is 5.75 Å². The van der Waals surface area contributed by atoms with Gasteiger partial charge in [-0.05, 0) is 56.5 Å². The van der Waals surface area contributed by atoms with Gasteiger partial charge in [-0.2, -0.15) is 0 Å². The molecule has 0 aromatic heterocycles. The summed E-state index contributed by atoms with van der Waals surface area (Å²) in [4.78, 5) is 2.53. The molecule has 0 radical (unpaired) electrons. The van der Waals surface area contributed by atoms with E-state index in [-0.39, 0.29) is 0 Å². The number of benzene rings is 1. The van der Waals surface area contributed by atoms with E-state index in [1.54, 1.807) is 6.07 Å². The molecule has 3 rings (SSSR count). The molecule has 2 aliphatic rings. The number of aromatic hydroxyl groups is 1. The van der Waals surface area contributed by atoms with E-state index in [0.717, 1.165) is 6.04 Å². The minimum atomic E-state index is 0.300. The van der Waals surface area contributed by atoms with Crippen molar-refractivity contribution in [3.05, 3.63) is 29.8 Å². The lowest BCUT2D eigenvalue weighted by atomic mass is 9.57. The van der Waals surface area contributed by atoms with Crippen LogP contribution in [0.1, 0.15) is 38.2 Å².